The van der Waals surface area contributed by atoms with Crippen LogP contribution >= 0.6 is 35.3 Å². The van der Waals surface area contributed by atoms with Crippen molar-refractivity contribution >= 4 is 46.4 Å². The first-order valence-electron chi connectivity index (χ1n) is 10.4. The highest BCUT2D eigenvalue weighted by atomic mass is 127. The Kier molecular flexibility index (Phi) is 10.6. The third-order valence-electron chi connectivity index (χ3n) is 5.21. The molecule has 0 radical (unpaired) electrons. The van der Waals surface area contributed by atoms with Gasteiger partial charge >= 0.3 is 0 Å². The molecule has 0 spiro atoms. The molecule has 1 aromatic rings. The van der Waals surface area contributed by atoms with Gasteiger partial charge < -0.3 is 15.5 Å². The molecule has 3 rings (SSSR count). The van der Waals surface area contributed by atoms with Crippen molar-refractivity contribution in [2.24, 2.45) is 4.99 Å². The van der Waals surface area contributed by atoms with Crippen LogP contribution in [0.3, 0.4) is 0 Å². The van der Waals surface area contributed by atoms with E-state index < -0.39 is 0 Å². The molecule has 2 saturated heterocycles. The fraction of sp³-hybridized carbons (Fsp3) is 0.700. The quantitative estimate of drug-likeness (QED) is 0.240. The van der Waals surface area contributed by atoms with Crippen LogP contribution in [0.25, 0.3) is 0 Å². The van der Waals surface area contributed by atoms with Crippen LogP contribution in [0.4, 0.5) is 5.13 Å². The lowest BCUT2D eigenvalue weighted by Crippen LogP contribution is -2.48. The van der Waals surface area contributed by atoms with Gasteiger partial charge in [0, 0.05) is 63.7 Å². The van der Waals surface area contributed by atoms with Gasteiger partial charge in [0.1, 0.15) is 0 Å². The van der Waals surface area contributed by atoms with Crippen LogP contribution in [0.15, 0.2) is 23.0 Å². The Morgan fingerprint density at radius 2 is 2.07 bits per heavy atom. The summed E-state index contributed by atoms with van der Waals surface area (Å²) in [6, 6.07) is 0.505. The Labute approximate surface area is 190 Å². The predicted octanol–water partition coefficient (Wildman–Crippen LogP) is 3.11. The SMILES string of the molecule is C=CCN1CCC(NC(=NCCc2csc(N3CCCC3)n2)NCC)CC1.I. The molecule has 6 nitrogen and oxygen atoms in total. The molecule has 1 aromatic heterocycles. The third-order valence-corrected chi connectivity index (χ3v) is 6.16. The Bertz CT molecular complexity index is 606. The van der Waals surface area contributed by atoms with Crippen LogP contribution in [0, 0.1) is 0 Å². The summed E-state index contributed by atoms with van der Waals surface area (Å²) in [5.41, 5.74) is 1.17. The van der Waals surface area contributed by atoms with Crippen molar-refractivity contribution in [3.05, 3.63) is 23.7 Å². The standard InChI is InChI=1S/C20H34N6S.HI/c1-3-11-25-14-8-17(9-15-25)23-19(21-4-2)22-10-7-18-16-27-20(24-18)26-12-5-6-13-26;/h3,16-17H,1,4-15H2,2H3,(H2,21,22,23);1H. The molecule has 158 valence electrons. The fourth-order valence-electron chi connectivity index (χ4n) is 3.70. The fourth-order valence-corrected chi connectivity index (χ4v) is 4.62. The Morgan fingerprint density at radius 3 is 2.75 bits per heavy atom. The van der Waals surface area contributed by atoms with Crippen LogP contribution in [0.2, 0.25) is 0 Å². The summed E-state index contributed by atoms with van der Waals surface area (Å²) >= 11 is 1.77. The molecule has 3 heterocycles. The van der Waals surface area contributed by atoms with Gasteiger partial charge in [0.25, 0.3) is 0 Å². The molecular weight excluding hydrogens is 483 g/mol. The Morgan fingerprint density at radius 1 is 1.32 bits per heavy atom. The second kappa shape index (κ2) is 12.6. The molecule has 0 amide bonds. The summed E-state index contributed by atoms with van der Waals surface area (Å²) in [4.78, 5) is 14.4. The van der Waals surface area contributed by atoms with Crippen molar-refractivity contribution in [1.82, 2.24) is 20.5 Å². The summed E-state index contributed by atoms with van der Waals surface area (Å²) < 4.78 is 0. The van der Waals surface area contributed by atoms with E-state index in [0.717, 1.165) is 71.0 Å². The van der Waals surface area contributed by atoms with Gasteiger partial charge in [-0.1, -0.05) is 6.08 Å². The van der Waals surface area contributed by atoms with Crippen LogP contribution < -0.4 is 15.5 Å². The number of hydrogen-bond acceptors (Lipinski definition) is 5. The van der Waals surface area contributed by atoms with Crippen molar-refractivity contribution in [2.75, 3.05) is 50.7 Å². The highest BCUT2D eigenvalue weighted by Crippen LogP contribution is 2.24. The summed E-state index contributed by atoms with van der Waals surface area (Å²) in [5, 5.41) is 10.4. The van der Waals surface area contributed by atoms with Crippen LogP contribution in [0.5, 0.6) is 0 Å². The van der Waals surface area contributed by atoms with E-state index in [1.54, 1.807) is 11.3 Å². The topological polar surface area (TPSA) is 55.8 Å². The number of likely N-dealkylation sites (tertiary alicyclic amines) is 1. The number of anilines is 1. The van der Waals surface area contributed by atoms with Crippen molar-refractivity contribution in [3.63, 3.8) is 0 Å². The first-order chi connectivity index (χ1) is 13.3. The van der Waals surface area contributed by atoms with Crippen LogP contribution in [-0.2, 0) is 6.42 Å². The minimum atomic E-state index is 0. The van der Waals surface area contributed by atoms with Gasteiger partial charge in [0.05, 0.1) is 5.69 Å². The van der Waals surface area contributed by atoms with E-state index in [2.05, 4.69) is 39.3 Å². The number of thiazole rings is 1. The molecule has 0 atom stereocenters. The normalized spacial score (nSPS) is 18.8. The Balaban J connectivity index is 0.00000280. The molecule has 0 aliphatic carbocycles. The highest BCUT2D eigenvalue weighted by Gasteiger charge is 2.19. The molecule has 28 heavy (non-hydrogen) atoms. The lowest BCUT2D eigenvalue weighted by molar-refractivity contribution is 0.225. The molecule has 8 heteroatoms. The van der Waals surface area contributed by atoms with E-state index in [-0.39, 0.29) is 24.0 Å². The minimum absolute atomic E-state index is 0. The van der Waals surface area contributed by atoms with Crippen molar-refractivity contribution in [3.8, 4) is 0 Å². The van der Waals surface area contributed by atoms with Gasteiger partial charge in [0.2, 0.25) is 0 Å². The average Bonchev–Trinajstić information content (AvgIpc) is 3.35. The molecule has 2 fully saturated rings. The number of aliphatic imine (C=N–C) groups is 1. The summed E-state index contributed by atoms with van der Waals surface area (Å²) in [5.74, 6) is 0.940. The van der Waals surface area contributed by atoms with E-state index >= 15 is 0 Å². The molecule has 2 N–H and O–H groups in total. The molecule has 0 bridgehead atoms. The van der Waals surface area contributed by atoms with Gasteiger partial charge in [-0.25, -0.2) is 4.98 Å². The maximum atomic E-state index is 4.80. The monoisotopic (exact) mass is 518 g/mol. The zero-order valence-corrected chi connectivity index (χ0v) is 20.2. The van der Waals surface area contributed by atoms with Gasteiger partial charge in [-0.2, -0.15) is 0 Å². The van der Waals surface area contributed by atoms with Gasteiger partial charge in [0.15, 0.2) is 11.1 Å². The maximum absolute atomic E-state index is 4.80. The second-order valence-corrected chi connectivity index (χ2v) is 8.17. The van der Waals surface area contributed by atoms with E-state index in [9.17, 15) is 0 Å². The molecule has 0 aromatic carbocycles. The number of aromatic nitrogens is 1. The Hall–Kier alpha value is -0.870. The summed E-state index contributed by atoms with van der Waals surface area (Å²) in [6.45, 7) is 13.2. The van der Waals surface area contributed by atoms with Crippen molar-refractivity contribution in [1.29, 1.82) is 0 Å². The van der Waals surface area contributed by atoms with Crippen molar-refractivity contribution in [2.45, 2.75) is 45.1 Å². The molecule has 2 aliphatic heterocycles. The number of nitrogens with one attached hydrogen (secondary N) is 2. The lowest BCUT2D eigenvalue weighted by Gasteiger charge is -2.32. The number of nitrogens with zero attached hydrogens (tertiary/aromatic N) is 4. The smallest absolute Gasteiger partial charge is 0.191 e. The summed E-state index contributed by atoms with van der Waals surface area (Å²) in [6.07, 6.45) is 7.80. The molecule has 0 saturated carbocycles. The zero-order valence-electron chi connectivity index (χ0n) is 17.0. The highest BCUT2D eigenvalue weighted by molar-refractivity contribution is 14.0. The van der Waals surface area contributed by atoms with E-state index in [1.807, 2.05) is 6.08 Å². The van der Waals surface area contributed by atoms with Gasteiger partial charge in [-0.05, 0) is 32.6 Å². The summed E-state index contributed by atoms with van der Waals surface area (Å²) in [7, 11) is 0. The van der Waals surface area contributed by atoms with Crippen LogP contribution in [0.1, 0.15) is 38.3 Å². The zero-order chi connectivity index (χ0) is 18.9. The van der Waals surface area contributed by atoms with Gasteiger partial charge in [-0.3, -0.25) is 9.89 Å². The van der Waals surface area contributed by atoms with E-state index in [4.69, 9.17) is 9.98 Å². The second-order valence-electron chi connectivity index (χ2n) is 7.33. The van der Waals surface area contributed by atoms with E-state index in [1.165, 1.54) is 23.7 Å². The number of hydrogen-bond donors (Lipinski definition) is 2. The predicted molar refractivity (Wildman–Crippen MR) is 131 cm³/mol. The molecule has 0 unspecified atom stereocenters. The van der Waals surface area contributed by atoms with Crippen molar-refractivity contribution < 1.29 is 0 Å². The van der Waals surface area contributed by atoms with E-state index in [0.29, 0.717) is 6.04 Å². The first-order valence-corrected chi connectivity index (χ1v) is 11.2. The number of piperidine rings is 1. The number of halogens is 1. The molecular formula is C20H35IN6S. The minimum Gasteiger partial charge on any atom is -0.357 e. The molecule has 2 aliphatic rings. The maximum Gasteiger partial charge on any atom is 0.191 e. The largest absolute Gasteiger partial charge is 0.357 e. The van der Waals surface area contributed by atoms with Gasteiger partial charge in [-0.15, -0.1) is 41.9 Å². The number of guanidine groups is 1. The third kappa shape index (κ3) is 7.18. The first kappa shape index (κ1) is 23.4. The average molecular weight is 519 g/mol. The van der Waals surface area contributed by atoms with Crippen LogP contribution in [-0.4, -0.2) is 67.7 Å². The lowest BCUT2D eigenvalue weighted by atomic mass is 10.1. The number of rotatable bonds is 8.